The summed E-state index contributed by atoms with van der Waals surface area (Å²) in [5.74, 6) is 0. The number of unbranched alkanes of at least 4 members (excludes halogenated alkanes) is 12. The van der Waals surface area contributed by atoms with Gasteiger partial charge in [0, 0.05) is 0 Å². The van der Waals surface area contributed by atoms with E-state index in [0.717, 1.165) is 0 Å². The molecule has 29 heavy (non-hydrogen) atoms. The summed E-state index contributed by atoms with van der Waals surface area (Å²) in [6.07, 6.45) is 25.6. The molecule has 1 heteroatoms. The predicted octanol–water partition coefficient (Wildman–Crippen LogP) is 9.39. The Labute approximate surface area is 192 Å². The van der Waals surface area contributed by atoms with E-state index in [9.17, 15) is 0 Å². The Hall–Kier alpha value is -1.04. The van der Waals surface area contributed by atoms with Gasteiger partial charge < -0.3 is 0 Å². The topological polar surface area (TPSA) is 0 Å². The summed E-state index contributed by atoms with van der Waals surface area (Å²) >= 11 is 0. The molecule has 0 radical (unpaired) electrons. The average molecular weight is 437 g/mol. The maximum atomic E-state index is 2.42. The Kier molecular flexibility index (Phi) is 22.4. The van der Waals surface area contributed by atoms with Crippen LogP contribution in [0, 0.1) is 0 Å². The van der Waals surface area contributed by atoms with Gasteiger partial charge in [0.2, 0.25) is 0 Å². The smallest absolute Gasteiger partial charge is 0.214 e. The Morgan fingerprint density at radius 2 is 1.10 bits per heavy atom. The van der Waals surface area contributed by atoms with Gasteiger partial charge in [0.1, 0.15) is 0 Å². The van der Waals surface area contributed by atoms with Crippen molar-refractivity contribution < 1.29 is 17.1 Å². The van der Waals surface area contributed by atoms with Gasteiger partial charge in [-0.15, -0.1) is 0 Å². The molecule has 164 valence electrons. The van der Waals surface area contributed by atoms with Gasteiger partial charge >= 0.3 is 17.1 Å². The number of aryl methyl sites for hydroxylation is 1. The van der Waals surface area contributed by atoms with E-state index in [1.54, 1.807) is 0 Å². The van der Waals surface area contributed by atoms with Gasteiger partial charge in [0.25, 0.3) is 0 Å². The molecule has 2 aromatic rings. The minimum atomic E-state index is 0. The first-order chi connectivity index (χ1) is 13.9. The SMILES string of the molecule is CCCCCCCC/C=C\CCCCCCCC[c-]1cccc1.[Fe+2].c1cc[cH-]c1. The molecular formula is C28H44Fe. The van der Waals surface area contributed by atoms with E-state index in [4.69, 9.17) is 0 Å². The van der Waals surface area contributed by atoms with Crippen molar-refractivity contribution in [3.8, 4) is 0 Å². The van der Waals surface area contributed by atoms with E-state index in [0.29, 0.717) is 0 Å². The van der Waals surface area contributed by atoms with E-state index in [1.807, 2.05) is 30.3 Å². The first-order valence-corrected chi connectivity index (χ1v) is 12.0. The first-order valence-electron chi connectivity index (χ1n) is 12.0. The van der Waals surface area contributed by atoms with Gasteiger partial charge in [0.15, 0.2) is 0 Å². The van der Waals surface area contributed by atoms with Crippen LogP contribution < -0.4 is 0 Å². The third-order valence-electron chi connectivity index (χ3n) is 5.26. The van der Waals surface area contributed by atoms with E-state index >= 15 is 0 Å². The van der Waals surface area contributed by atoms with Crippen molar-refractivity contribution in [3.05, 3.63) is 72.3 Å². The van der Waals surface area contributed by atoms with Crippen LogP contribution in [0.5, 0.6) is 0 Å². The first kappa shape index (κ1) is 28.0. The standard InChI is InChI=1S/C23H39.C5H5.Fe/c1-2-3-4-5-6-7-8-9-10-11-12-13-14-15-16-17-20-23-21-18-19-22-23;1-2-4-5-3-1;/h9-10,18-19,21-22H,2-8,11-17,20H2,1H3;1-5H;/q2*-1;+2/b10-9-;;. The molecule has 2 aromatic carbocycles. The molecule has 0 N–H and O–H groups in total. The fourth-order valence-corrected chi connectivity index (χ4v) is 3.48. The third kappa shape index (κ3) is 20.0. The van der Waals surface area contributed by atoms with E-state index in [-0.39, 0.29) is 17.1 Å². The minimum absolute atomic E-state index is 0. The Morgan fingerprint density at radius 3 is 1.59 bits per heavy atom. The van der Waals surface area contributed by atoms with Crippen molar-refractivity contribution in [3.63, 3.8) is 0 Å². The second-order valence-corrected chi connectivity index (χ2v) is 7.94. The van der Waals surface area contributed by atoms with Crippen LogP contribution in [0.15, 0.2) is 66.7 Å². The molecule has 0 spiro atoms. The van der Waals surface area contributed by atoms with Crippen LogP contribution >= 0.6 is 0 Å². The van der Waals surface area contributed by atoms with Gasteiger partial charge in [-0.1, -0.05) is 89.7 Å². The zero-order valence-electron chi connectivity index (χ0n) is 18.8. The molecule has 0 aliphatic heterocycles. The monoisotopic (exact) mass is 436 g/mol. The van der Waals surface area contributed by atoms with Crippen molar-refractivity contribution in [1.29, 1.82) is 0 Å². The number of hydrogen-bond acceptors (Lipinski definition) is 0. The Bertz CT molecular complexity index is 489. The number of allylic oxidation sites excluding steroid dienone is 2. The molecular weight excluding hydrogens is 392 g/mol. The maximum Gasteiger partial charge on any atom is 2.00 e. The normalized spacial score (nSPS) is 10.5. The summed E-state index contributed by atoms with van der Waals surface area (Å²) in [7, 11) is 0. The Morgan fingerprint density at radius 1 is 0.621 bits per heavy atom. The van der Waals surface area contributed by atoms with Crippen LogP contribution in [0.25, 0.3) is 0 Å². The van der Waals surface area contributed by atoms with E-state index in [1.165, 1.54) is 102 Å². The number of hydrogen-bond donors (Lipinski definition) is 0. The fourth-order valence-electron chi connectivity index (χ4n) is 3.48. The van der Waals surface area contributed by atoms with Gasteiger partial charge in [-0.2, -0.15) is 35.9 Å². The largest absolute Gasteiger partial charge is 2.00 e. The number of rotatable bonds is 16. The summed E-state index contributed by atoms with van der Waals surface area (Å²) in [6.45, 7) is 2.29. The van der Waals surface area contributed by atoms with Crippen LogP contribution in [-0.4, -0.2) is 0 Å². The zero-order chi connectivity index (χ0) is 20.0. The van der Waals surface area contributed by atoms with Crippen LogP contribution in [0.3, 0.4) is 0 Å². The van der Waals surface area contributed by atoms with Gasteiger partial charge in [-0.3, -0.25) is 0 Å². The molecule has 2 rings (SSSR count). The molecule has 0 bridgehead atoms. The van der Waals surface area contributed by atoms with Crippen LogP contribution in [-0.2, 0) is 23.5 Å². The molecule has 0 fully saturated rings. The summed E-state index contributed by atoms with van der Waals surface area (Å²) in [5.41, 5.74) is 1.51. The van der Waals surface area contributed by atoms with Crippen molar-refractivity contribution in [2.24, 2.45) is 0 Å². The van der Waals surface area contributed by atoms with Crippen LogP contribution in [0.2, 0.25) is 0 Å². The molecule has 0 saturated heterocycles. The zero-order valence-corrected chi connectivity index (χ0v) is 19.9. The van der Waals surface area contributed by atoms with Crippen molar-refractivity contribution >= 4 is 0 Å². The molecule has 0 aliphatic rings. The maximum absolute atomic E-state index is 2.42. The molecule has 0 amide bonds. The second-order valence-electron chi connectivity index (χ2n) is 7.94. The van der Waals surface area contributed by atoms with Gasteiger partial charge in [0.05, 0.1) is 0 Å². The molecule has 0 saturated carbocycles. The summed E-state index contributed by atoms with van der Waals surface area (Å²) in [4.78, 5) is 0. The van der Waals surface area contributed by atoms with Crippen molar-refractivity contribution in [2.75, 3.05) is 0 Å². The van der Waals surface area contributed by atoms with E-state index in [2.05, 4.69) is 43.3 Å². The fraction of sp³-hybridized carbons (Fsp3) is 0.571. The second kappa shape index (κ2) is 23.2. The van der Waals surface area contributed by atoms with Crippen LogP contribution in [0.4, 0.5) is 0 Å². The summed E-state index contributed by atoms with van der Waals surface area (Å²) < 4.78 is 0. The van der Waals surface area contributed by atoms with Gasteiger partial charge in [-0.25, -0.2) is 24.3 Å². The molecule has 0 unspecified atom stereocenters. The summed E-state index contributed by atoms with van der Waals surface area (Å²) in [6, 6.07) is 18.8. The van der Waals surface area contributed by atoms with Crippen molar-refractivity contribution in [1.82, 2.24) is 0 Å². The van der Waals surface area contributed by atoms with Gasteiger partial charge in [-0.05, 0) is 25.7 Å². The van der Waals surface area contributed by atoms with E-state index < -0.39 is 0 Å². The Balaban J connectivity index is 0.00000113. The van der Waals surface area contributed by atoms with Crippen LogP contribution in [0.1, 0.15) is 102 Å². The predicted molar refractivity (Wildman–Crippen MR) is 127 cm³/mol. The molecule has 0 aliphatic carbocycles. The average Bonchev–Trinajstić information content (AvgIpc) is 3.44. The summed E-state index contributed by atoms with van der Waals surface area (Å²) in [5, 5.41) is 0. The minimum Gasteiger partial charge on any atom is -0.214 e. The quantitative estimate of drug-likeness (QED) is 0.106. The molecule has 0 nitrogen and oxygen atoms in total. The molecule has 0 atom stereocenters. The van der Waals surface area contributed by atoms with Crippen molar-refractivity contribution in [2.45, 2.75) is 103 Å². The molecule has 0 aromatic heterocycles. The third-order valence-corrected chi connectivity index (χ3v) is 5.26. The molecule has 0 heterocycles.